The molecule has 1 unspecified atom stereocenters. The van der Waals surface area contributed by atoms with Crippen LogP contribution in [-0.4, -0.2) is 56.6 Å². The zero-order valence-electron chi connectivity index (χ0n) is 22.7. The van der Waals surface area contributed by atoms with Crippen molar-refractivity contribution < 1.29 is 14.4 Å². The van der Waals surface area contributed by atoms with E-state index in [0.717, 1.165) is 54.1 Å². The number of hydrogen-bond acceptors (Lipinski definition) is 6. The molecule has 5 rings (SSSR count). The number of halogens is 1. The van der Waals surface area contributed by atoms with E-state index in [9.17, 15) is 4.79 Å². The minimum atomic E-state index is -0.690. The van der Waals surface area contributed by atoms with Crippen molar-refractivity contribution in [1.82, 2.24) is 15.7 Å². The maximum Gasteiger partial charge on any atom is 0.245 e. The van der Waals surface area contributed by atoms with Gasteiger partial charge in [-0.15, -0.1) is 5.48 Å². The Bertz CT molecular complexity index is 1350. The van der Waals surface area contributed by atoms with Crippen molar-refractivity contribution in [3.8, 4) is 5.75 Å². The van der Waals surface area contributed by atoms with Crippen LogP contribution in [0.5, 0.6) is 5.75 Å². The third-order valence-corrected chi connectivity index (χ3v) is 7.60. The molecule has 8 heteroatoms. The Balaban J connectivity index is 1.58. The fourth-order valence-corrected chi connectivity index (χ4v) is 5.11. The normalized spacial score (nSPS) is 17.7. The summed E-state index contributed by atoms with van der Waals surface area (Å²) in [7, 11) is 2.15. The lowest BCUT2D eigenvalue weighted by atomic mass is 9.94. The average Bonchev–Trinajstić information content (AvgIpc) is 3.40. The second-order valence-electron chi connectivity index (χ2n) is 10.0. The monoisotopic (exact) mass is 546 g/mol. The van der Waals surface area contributed by atoms with Crippen molar-refractivity contribution in [1.29, 1.82) is 0 Å². The van der Waals surface area contributed by atoms with Crippen LogP contribution in [-0.2, 0) is 16.2 Å². The standard InChI is InChI=1S/C31H35ClN4O3/c1-4-33-31(37)29-28(23-11-8-12-24(18-23)36-15-13-35(3)14-16-36)30(39-34-29)25-19-26(32)21(2)17-27(25)38-20-22-9-6-5-7-10-22/h5-12,17-19,29,34H,4,13-16,20H2,1-3H3,(H,33,37). The molecule has 0 spiro atoms. The van der Waals surface area contributed by atoms with E-state index in [0.29, 0.717) is 35.2 Å². The van der Waals surface area contributed by atoms with Crippen molar-refractivity contribution in [3.63, 3.8) is 0 Å². The first-order chi connectivity index (χ1) is 18.9. The summed E-state index contributed by atoms with van der Waals surface area (Å²) in [4.78, 5) is 24.0. The maximum absolute atomic E-state index is 13.2. The van der Waals surface area contributed by atoms with Gasteiger partial charge in [-0.3, -0.25) is 4.79 Å². The van der Waals surface area contributed by atoms with Crippen LogP contribution in [0.25, 0.3) is 11.3 Å². The van der Waals surface area contributed by atoms with Gasteiger partial charge in [-0.25, -0.2) is 0 Å². The Morgan fingerprint density at radius 2 is 1.85 bits per heavy atom. The van der Waals surface area contributed by atoms with Gasteiger partial charge in [0.25, 0.3) is 0 Å². The molecule has 2 heterocycles. The van der Waals surface area contributed by atoms with E-state index in [2.05, 4.69) is 39.8 Å². The van der Waals surface area contributed by atoms with Crippen LogP contribution in [0.15, 0.2) is 66.7 Å². The molecule has 2 aliphatic heterocycles. The lowest BCUT2D eigenvalue weighted by Crippen LogP contribution is -2.44. The number of ether oxygens (including phenoxy) is 1. The van der Waals surface area contributed by atoms with E-state index in [1.165, 1.54) is 0 Å². The second-order valence-corrected chi connectivity index (χ2v) is 10.4. The number of piperazine rings is 1. The van der Waals surface area contributed by atoms with Crippen molar-refractivity contribution in [2.75, 3.05) is 44.7 Å². The quantitative estimate of drug-likeness (QED) is 0.419. The topological polar surface area (TPSA) is 66.1 Å². The number of carbonyl (C=O) groups is 1. The largest absolute Gasteiger partial charge is 0.488 e. The van der Waals surface area contributed by atoms with Crippen LogP contribution < -0.4 is 20.4 Å². The van der Waals surface area contributed by atoms with Gasteiger partial charge in [0.1, 0.15) is 12.4 Å². The summed E-state index contributed by atoms with van der Waals surface area (Å²) in [6.45, 7) is 8.68. The number of nitrogens with zero attached hydrogens (tertiary/aromatic N) is 2. The number of hydroxylamine groups is 1. The first-order valence-corrected chi connectivity index (χ1v) is 13.8. The molecule has 0 saturated carbocycles. The Hall–Kier alpha value is -3.52. The number of aryl methyl sites for hydroxylation is 1. The van der Waals surface area contributed by atoms with Gasteiger partial charge in [-0.1, -0.05) is 54.1 Å². The molecule has 2 N–H and O–H groups in total. The molecule has 0 aliphatic carbocycles. The summed E-state index contributed by atoms with van der Waals surface area (Å²) in [6.07, 6.45) is 0. The second kappa shape index (κ2) is 12.1. The highest BCUT2D eigenvalue weighted by Gasteiger charge is 2.36. The van der Waals surface area contributed by atoms with E-state index in [-0.39, 0.29) is 5.91 Å². The minimum absolute atomic E-state index is 0.155. The Labute approximate surface area is 235 Å². The van der Waals surface area contributed by atoms with Gasteiger partial charge in [0.2, 0.25) is 5.91 Å². The number of rotatable bonds is 8. The van der Waals surface area contributed by atoms with Crippen molar-refractivity contribution in [3.05, 3.63) is 94.0 Å². The third kappa shape index (κ3) is 6.06. The van der Waals surface area contributed by atoms with Gasteiger partial charge < -0.3 is 24.7 Å². The van der Waals surface area contributed by atoms with E-state index in [4.69, 9.17) is 21.2 Å². The molecule has 1 fully saturated rings. The summed E-state index contributed by atoms with van der Waals surface area (Å²) in [5, 5.41) is 3.53. The molecular formula is C31H35ClN4O3. The van der Waals surface area contributed by atoms with E-state index >= 15 is 0 Å². The molecule has 7 nitrogen and oxygen atoms in total. The number of nitrogens with one attached hydrogen (secondary N) is 2. The molecule has 204 valence electrons. The summed E-state index contributed by atoms with van der Waals surface area (Å²) in [5.74, 6) is 1.02. The van der Waals surface area contributed by atoms with Crippen molar-refractivity contribution >= 4 is 34.5 Å². The number of benzene rings is 3. The first-order valence-electron chi connectivity index (χ1n) is 13.4. The number of carbonyl (C=O) groups excluding carboxylic acids is 1. The maximum atomic E-state index is 13.2. The smallest absolute Gasteiger partial charge is 0.245 e. The molecule has 2 aliphatic rings. The molecule has 0 radical (unpaired) electrons. The summed E-state index contributed by atoms with van der Waals surface area (Å²) in [5.41, 5.74) is 8.40. The zero-order chi connectivity index (χ0) is 27.4. The van der Waals surface area contributed by atoms with Gasteiger partial charge in [0.15, 0.2) is 11.8 Å². The molecule has 1 atom stereocenters. The minimum Gasteiger partial charge on any atom is -0.488 e. The van der Waals surface area contributed by atoms with Gasteiger partial charge >= 0.3 is 0 Å². The molecule has 3 aromatic rings. The summed E-state index contributed by atoms with van der Waals surface area (Å²) >= 11 is 6.62. The Morgan fingerprint density at radius 3 is 2.59 bits per heavy atom. The molecule has 3 aromatic carbocycles. The van der Waals surface area contributed by atoms with Crippen LogP contribution >= 0.6 is 11.6 Å². The van der Waals surface area contributed by atoms with E-state index in [1.54, 1.807) is 0 Å². The third-order valence-electron chi connectivity index (χ3n) is 7.19. The summed E-state index contributed by atoms with van der Waals surface area (Å²) < 4.78 is 6.31. The number of hydrogen-bond donors (Lipinski definition) is 2. The van der Waals surface area contributed by atoms with Crippen LogP contribution in [0, 0.1) is 6.92 Å². The van der Waals surface area contributed by atoms with Gasteiger partial charge in [0, 0.05) is 49.0 Å². The fourth-order valence-electron chi connectivity index (χ4n) is 4.94. The SMILES string of the molecule is CCNC(=O)C1NOC(c2cc(Cl)c(C)cc2OCc2ccccc2)=C1c1cccc(N2CCN(C)CC2)c1. The number of likely N-dealkylation sites (N-methyl/N-ethyl adjacent to an activating group) is 2. The lowest BCUT2D eigenvalue weighted by Gasteiger charge is -2.34. The van der Waals surface area contributed by atoms with Crippen molar-refractivity contribution in [2.45, 2.75) is 26.5 Å². The van der Waals surface area contributed by atoms with Crippen LogP contribution in [0.3, 0.4) is 0 Å². The number of amides is 1. The highest BCUT2D eigenvalue weighted by Crippen LogP contribution is 2.41. The lowest BCUT2D eigenvalue weighted by molar-refractivity contribution is -0.123. The van der Waals surface area contributed by atoms with Gasteiger partial charge in [-0.05, 0) is 61.9 Å². The first kappa shape index (κ1) is 27.1. The average molecular weight is 547 g/mol. The Kier molecular flexibility index (Phi) is 8.41. The highest BCUT2D eigenvalue weighted by molar-refractivity contribution is 6.31. The van der Waals surface area contributed by atoms with Gasteiger partial charge in [0.05, 0.1) is 5.56 Å². The highest BCUT2D eigenvalue weighted by atomic mass is 35.5. The van der Waals surface area contributed by atoms with Crippen LogP contribution in [0.4, 0.5) is 5.69 Å². The molecule has 1 saturated heterocycles. The van der Waals surface area contributed by atoms with Crippen molar-refractivity contribution in [2.24, 2.45) is 0 Å². The van der Waals surface area contributed by atoms with Gasteiger partial charge in [-0.2, -0.15) is 0 Å². The van der Waals surface area contributed by atoms with Crippen LogP contribution in [0.2, 0.25) is 5.02 Å². The Morgan fingerprint density at radius 1 is 1.08 bits per heavy atom. The van der Waals surface area contributed by atoms with E-state index < -0.39 is 6.04 Å². The number of anilines is 1. The predicted octanol–water partition coefficient (Wildman–Crippen LogP) is 4.89. The molecular weight excluding hydrogens is 512 g/mol. The zero-order valence-corrected chi connectivity index (χ0v) is 23.4. The fraction of sp³-hybridized carbons (Fsp3) is 0.323. The molecule has 1 amide bonds. The molecule has 39 heavy (non-hydrogen) atoms. The molecule has 0 aromatic heterocycles. The van der Waals surface area contributed by atoms with E-state index in [1.807, 2.05) is 68.4 Å². The van der Waals surface area contributed by atoms with Crippen LogP contribution in [0.1, 0.15) is 29.2 Å². The summed E-state index contributed by atoms with van der Waals surface area (Å²) in [6, 6.07) is 21.4. The molecule has 0 bridgehead atoms. The predicted molar refractivity (Wildman–Crippen MR) is 157 cm³/mol.